The van der Waals surface area contributed by atoms with Gasteiger partial charge in [0, 0.05) is 16.7 Å². The van der Waals surface area contributed by atoms with Crippen molar-refractivity contribution in [2.75, 3.05) is 18.7 Å². The Kier molecular flexibility index (Phi) is 4.37. The van der Waals surface area contributed by atoms with Gasteiger partial charge in [-0.1, -0.05) is 22.0 Å². The lowest BCUT2D eigenvalue weighted by molar-refractivity contribution is 0.173. The number of rotatable bonds is 4. The summed E-state index contributed by atoms with van der Waals surface area (Å²) < 4.78 is 12.8. The largest absolute Gasteiger partial charge is 0.454 e. The van der Waals surface area contributed by atoms with E-state index in [0.29, 0.717) is 6.54 Å². The first-order valence-corrected chi connectivity index (χ1v) is 8.07. The molecule has 1 heterocycles. The summed E-state index contributed by atoms with van der Waals surface area (Å²) >= 11 is 6.98. The van der Waals surface area contributed by atoms with Crippen LogP contribution in [0.4, 0.5) is 5.69 Å². The highest BCUT2D eigenvalue weighted by atomic mass is 79.9. The van der Waals surface area contributed by atoms with Crippen molar-refractivity contribution in [3.63, 3.8) is 0 Å². The molecule has 0 aromatic heterocycles. The van der Waals surface area contributed by atoms with E-state index in [-0.39, 0.29) is 12.8 Å². The van der Waals surface area contributed by atoms with Gasteiger partial charge in [0.05, 0.1) is 10.5 Å². The fraction of sp³-hybridized carbons (Fsp3) is 0.200. The number of hydrogen-bond acceptors (Lipinski definition) is 4. The van der Waals surface area contributed by atoms with E-state index in [1.54, 1.807) is 0 Å². The molecule has 0 radical (unpaired) electrons. The second-order valence-corrected chi connectivity index (χ2v) is 6.45. The lowest BCUT2D eigenvalue weighted by atomic mass is 10.1. The first-order chi connectivity index (χ1) is 10.2. The summed E-state index contributed by atoms with van der Waals surface area (Å²) in [6.45, 7) is 0.725. The molecule has 1 atom stereocenters. The number of hydrogen-bond donors (Lipinski definition) is 2. The molecule has 4 nitrogen and oxygen atoms in total. The smallest absolute Gasteiger partial charge is 0.231 e. The molecule has 0 saturated heterocycles. The van der Waals surface area contributed by atoms with Gasteiger partial charge in [0.2, 0.25) is 6.79 Å². The summed E-state index contributed by atoms with van der Waals surface area (Å²) in [5.74, 6) is 1.49. The summed E-state index contributed by atoms with van der Waals surface area (Å²) in [6.07, 6.45) is 0. The van der Waals surface area contributed by atoms with Crippen molar-refractivity contribution >= 4 is 37.5 Å². The van der Waals surface area contributed by atoms with Gasteiger partial charge in [-0.3, -0.25) is 0 Å². The molecule has 3 N–H and O–H groups in total. The van der Waals surface area contributed by atoms with Crippen LogP contribution in [0, 0.1) is 0 Å². The zero-order valence-corrected chi connectivity index (χ0v) is 14.3. The maximum absolute atomic E-state index is 5.92. The minimum atomic E-state index is -0.00917. The van der Waals surface area contributed by atoms with E-state index in [0.717, 1.165) is 31.7 Å². The van der Waals surface area contributed by atoms with Gasteiger partial charge in [0.15, 0.2) is 11.5 Å². The Labute approximate surface area is 139 Å². The lowest BCUT2D eigenvalue weighted by Gasteiger charge is -2.19. The zero-order chi connectivity index (χ0) is 14.8. The van der Waals surface area contributed by atoms with Gasteiger partial charge < -0.3 is 20.5 Å². The fourth-order valence-electron chi connectivity index (χ4n) is 2.25. The predicted octanol–water partition coefficient (Wildman–Crippen LogP) is 4.05. The quantitative estimate of drug-likeness (QED) is 0.793. The number of benzene rings is 2. The van der Waals surface area contributed by atoms with Crippen LogP contribution in [-0.4, -0.2) is 13.3 Å². The van der Waals surface area contributed by atoms with Crippen LogP contribution in [0.15, 0.2) is 45.3 Å². The number of ether oxygens (including phenoxy) is 2. The van der Waals surface area contributed by atoms with Gasteiger partial charge in [-0.25, -0.2) is 0 Å². The molecule has 0 fully saturated rings. The van der Waals surface area contributed by atoms with Crippen LogP contribution < -0.4 is 20.5 Å². The molecule has 1 aliphatic rings. The van der Waals surface area contributed by atoms with E-state index in [4.69, 9.17) is 15.2 Å². The highest BCUT2D eigenvalue weighted by molar-refractivity contribution is 9.10. The number of anilines is 1. The van der Waals surface area contributed by atoms with Crippen LogP contribution in [0.25, 0.3) is 0 Å². The highest BCUT2D eigenvalue weighted by Gasteiger charge is 2.21. The fourth-order valence-corrected chi connectivity index (χ4v) is 3.22. The molecule has 0 aliphatic carbocycles. The van der Waals surface area contributed by atoms with Crippen molar-refractivity contribution in [1.29, 1.82) is 0 Å². The number of halogens is 2. The summed E-state index contributed by atoms with van der Waals surface area (Å²) in [7, 11) is 0. The van der Waals surface area contributed by atoms with Gasteiger partial charge in [0.1, 0.15) is 0 Å². The number of nitrogens with two attached hydrogens (primary N) is 1. The maximum atomic E-state index is 5.92. The van der Waals surface area contributed by atoms with Gasteiger partial charge >= 0.3 is 0 Å². The zero-order valence-electron chi connectivity index (χ0n) is 11.1. The SMILES string of the molecule is NCC(Nc1cccc(Br)c1)c1cc(Br)c2c(c1)OCO2. The van der Waals surface area contributed by atoms with Crippen LogP contribution in [0.5, 0.6) is 11.5 Å². The van der Waals surface area contributed by atoms with Gasteiger partial charge in [-0.05, 0) is 51.8 Å². The van der Waals surface area contributed by atoms with Crippen LogP contribution in [0.3, 0.4) is 0 Å². The van der Waals surface area contributed by atoms with E-state index in [1.165, 1.54) is 0 Å². The van der Waals surface area contributed by atoms with Crippen molar-refractivity contribution in [1.82, 2.24) is 0 Å². The first kappa shape index (κ1) is 14.7. The predicted molar refractivity (Wildman–Crippen MR) is 89.8 cm³/mol. The molecule has 0 spiro atoms. The van der Waals surface area contributed by atoms with Gasteiger partial charge in [-0.2, -0.15) is 0 Å². The Morgan fingerprint density at radius 2 is 2.05 bits per heavy atom. The molecule has 2 aromatic carbocycles. The first-order valence-electron chi connectivity index (χ1n) is 6.48. The minimum Gasteiger partial charge on any atom is -0.454 e. The normalized spacial score (nSPS) is 14.0. The Hall–Kier alpha value is -1.24. The standard InChI is InChI=1S/C15H14Br2N2O2/c16-10-2-1-3-11(6-10)19-13(7-18)9-4-12(17)15-14(5-9)20-8-21-15/h1-6,13,19H,7-8,18H2. The summed E-state index contributed by atoms with van der Waals surface area (Å²) in [5, 5.41) is 3.43. The average Bonchev–Trinajstić information content (AvgIpc) is 2.93. The lowest BCUT2D eigenvalue weighted by Crippen LogP contribution is -2.20. The van der Waals surface area contributed by atoms with Gasteiger partial charge in [0.25, 0.3) is 0 Å². The third-order valence-electron chi connectivity index (χ3n) is 3.25. The van der Waals surface area contributed by atoms with E-state index in [2.05, 4.69) is 37.2 Å². The Balaban J connectivity index is 1.88. The van der Waals surface area contributed by atoms with E-state index in [1.807, 2.05) is 36.4 Å². The maximum Gasteiger partial charge on any atom is 0.231 e. The second-order valence-electron chi connectivity index (χ2n) is 4.68. The Morgan fingerprint density at radius 3 is 2.81 bits per heavy atom. The molecule has 0 bridgehead atoms. The topological polar surface area (TPSA) is 56.5 Å². The van der Waals surface area contributed by atoms with Crippen molar-refractivity contribution in [3.05, 3.63) is 50.9 Å². The molecule has 21 heavy (non-hydrogen) atoms. The number of fused-ring (bicyclic) bond motifs is 1. The number of nitrogens with one attached hydrogen (secondary N) is 1. The van der Waals surface area contributed by atoms with E-state index >= 15 is 0 Å². The van der Waals surface area contributed by atoms with Crippen LogP contribution in [-0.2, 0) is 0 Å². The van der Waals surface area contributed by atoms with E-state index < -0.39 is 0 Å². The van der Waals surface area contributed by atoms with Crippen molar-refractivity contribution in [2.45, 2.75) is 6.04 Å². The molecule has 2 aromatic rings. The molecular weight excluding hydrogens is 400 g/mol. The molecule has 1 unspecified atom stereocenters. The van der Waals surface area contributed by atoms with Crippen LogP contribution in [0.1, 0.15) is 11.6 Å². The molecule has 1 aliphatic heterocycles. The minimum absolute atomic E-state index is 0.00917. The Bertz CT molecular complexity index is 664. The van der Waals surface area contributed by atoms with Crippen LogP contribution in [0.2, 0.25) is 0 Å². The molecule has 3 rings (SSSR count). The van der Waals surface area contributed by atoms with Gasteiger partial charge in [-0.15, -0.1) is 0 Å². The molecule has 6 heteroatoms. The highest BCUT2D eigenvalue weighted by Crippen LogP contribution is 2.41. The van der Waals surface area contributed by atoms with Crippen molar-refractivity contribution in [3.8, 4) is 11.5 Å². The van der Waals surface area contributed by atoms with E-state index in [9.17, 15) is 0 Å². The molecule has 0 amide bonds. The molecular formula is C15H14Br2N2O2. The monoisotopic (exact) mass is 412 g/mol. The third-order valence-corrected chi connectivity index (χ3v) is 4.34. The molecule has 0 saturated carbocycles. The van der Waals surface area contributed by atoms with Crippen LogP contribution >= 0.6 is 31.9 Å². The third kappa shape index (κ3) is 3.17. The summed E-state index contributed by atoms with van der Waals surface area (Å²) in [5.41, 5.74) is 7.98. The molecule has 110 valence electrons. The second kappa shape index (κ2) is 6.25. The summed E-state index contributed by atoms with van der Waals surface area (Å²) in [4.78, 5) is 0. The average molecular weight is 414 g/mol. The van der Waals surface area contributed by atoms with Crippen molar-refractivity contribution < 1.29 is 9.47 Å². The summed E-state index contributed by atoms with van der Waals surface area (Å²) in [6, 6.07) is 12.0. The van der Waals surface area contributed by atoms with Crippen molar-refractivity contribution in [2.24, 2.45) is 5.73 Å². The Morgan fingerprint density at radius 1 is 1.19 bits per heavy atom.